The molecule has 0 saturated carbocycles. The zero-order chi connectivity index (χ0) is 34.1. The third kappa shape index (κ3) is 30.1. The van der Waals surface area contributed by atoms with Crippen molar-refractivity contribution in [3.63, 3.8) is 0 Å². The highest BCUT2D eigenvalue weighted by Crippen LogP contribution is 2.43. The van der Waals surface area contributed by atoms with Crippen molar-refractivity contribution in [2.75, 3.05) is 19.8 Å². The minimum atomic E-state index is -4.34. The maximum atomic E-state index is 12.7. The van der Waals surface area contributed by atoms with E-state index in [1.165, 1.54) is 102 Å². The number of unbranched alkanes of at least 4 members (excludes halogenated alkanes) is 18. The van der Waals surface area contributed by atoms with Gasteiger partial charge in [-0.05, 0) is 39.0 Å². The van der Waals surface area contributed by atoms with Crippen molar-refractivity contribution in [3.8, 4) is 0 Å². The van der Waals surface area contributed by atoms with Gasteiger partial charge < -0.3 is 21.1 Å². The molecule has 0 aliphatic rings. The van der Waals surface area contributed by atoms with Crippen LogP contribution in [-0.4, -0.2) is 47.8 Å². The van der Waals surface area contributed by atoms with Crippen LogP contribution in [0, 0.1) is 0 Å². The van der Waals surface area contributed by atoms with Gasteiger partial charge in [0.1, 0.15) is 0 Å². The molecule has 0 aromatic rings. The number of hydrogen-bond donors (Lipinski definition) is 4. The summed E-state index contributed by atoms with van der Waals surface area (Å²) in [4.78, 5) is 22.6. The molecule has 0 aliphatic heterocycles. The second-order valence-corrected chi connectivity index (χ2v) is 14.1. The molecule has 0 aliphatic carbocycles. The highest BCUT2D eigenvalue weighted by atomic mass is 31.2. The average Bonchev–Trinajstić information content (AvgIpc) is 3.03. The molecule has 8 nitrogen and oxygen atoms in total. The molecule has 0 saturated heterocycles. The number of nitrogens with two attached hydrogens (primary N) is 1. The molecular formula is C37H71N2O6P. The third-order valence-electron chi connectivity index (χ3n) is 8.04. The lowest BCUT2D eigenvalue weighted by Gasteiger charge is -2.23. The quantitative estimate of drug-likeness (QED) is 0.0237. The number of nitrogens with one attached hydrogen (secondary N) is 1. The van der Waals surface area contributed by atoms with Crippen LogP contribution in [0.4, 0.5) is 0 Å². The maximum Gasteiger partial charge on any atom is 0.472 e. The molecule has 270 valence electrons. The molecule has 3 atom stereocenters. The van der Waals surface area contributed by atoms with Gasteiger partial charge in [-0.25, -0.2) is 4.57 Å². The summed E-state index contributed by atoms with van der Waals surface area (Å²) in [5.74, 6) is -0.213. The highest BCUT2D eigenvalue weighted by Gasteiger charge is 2.26. The number of carbonyl (C=O) groups excluding carboxylic acids is 1. The summed E-state index contributed by atoms with van der Waals surface area (Å²) in [6, 6.07) is -0.884. The van der Waals surface area contributed by atoms with E-state index < -0.39 is 20.0 Å². The van der Waals surface area contributed by atoms with Crippen LogP contribution in [0.1, 0.15) is 162 Å². The molecule has 5 N–H and O–H groups in total. The van der Waals surface area contributed by atoms with Gasteiger partial charge in [-0.3, -0.25) is 13.8 Å². The van der Waals surface area contributed by atoms with E-state index in [4.69, 9.17) is 14.8 Å². The summed E-state index contributed by atoms with van der Waals surface area (Å²) in [5, 5.41) is 13.6. The number of phosphoric ester groups is 1. The Hall–Kier alpha value is -1.28. The first-order valence-electron chi connectivity index (χ1n) is 18.5. The fourth-order valence-corrected chi connectivity index (χ4v) is 5.93. The van der Waals surface area contributed by atoms with Crippen LogP contribution < -0.4 is 11.1 Å². The Kier molecular flexibility index (Phi) is 31.4. The molecule has 9 heteroatoms. The van der Waals surface area contributed by atoms with Crippen molar-refractivity contribution >= 4 is 13.7 Å². The number of phosphoric acid groups is 1. The Morgan fingerprint density at radius 1 is 0.783 bits per heavy atom. The standard InChI is InChI=1S/C37H71N2O6P/c1-4-6-8-10-12-13-14-15-16-17-19-21-26-30-37(41)39-35(33-45-46(42,43)44-32-31-38)36(40)29-25-22-24-28-34(3)27-23-20-18-11-9-7-5-2/h23,25,27-29,35-36,40H,4-22,24,26,30-33,38H2,1-3H3,(H,39,41)(H,42,43)/b27-23+,29-25+,34-28+. The predicted molar refractivity (Wildman–Crippen MR) is 194 cm³/mol. The normalized spacial score (nSPS) is 15.0. The molecule has 46 heavy (non-hydrogen) atoms. The van der Waals surface area contributed by atoms with E-state index in [0.717, 1.165) is 38.5 Å². The van der Waals surface area contributed by atoms with Crippen molar-refractivity contribution in [2.24, 2.45) is 5.73 Å². The number of aliphatic hydroxyl groups excluding tert-OH is 1. The smallest absolute Gasteiger partial charge is 0.387 e. The lowest BCUT2D eigenvalue weighted by Crippen LogP contribution is -2.45. The molecule has 0 aromatic heterocycles. The van der Waals surface area contributed by atoms with Gasteiger partial charge in [0.15, 0.2) is 0 Å². The van der Waals surface area contributed by atoms with Crippen LogP contribution in [0.5, 0.6) is 0 Å². The molecule has 0 aromatic carbocycles. The summed E-state index contributed by atoms with van der Waals surface area (Å²) in [5.41, 5.74) is 6.56. The first-order valence-corrected chi connectivity index (χ1v) is 20.0. The van der Waals surface area contributed by atoms with E-state index in [-0.39, 0.29) is 25.7 Å². The number of rotatable bonds is 33. The predicted octanol–water partition coefficient (Wildman–Crippen LogP) is 9.61. The van der Waals surface area contributed by atoms with Gasteiger partial charge in [0, 0.05) is 13.0 Å². The summed E-state index contributed by atoms with van der Waals surface area (Å²) in [7, 11) is -4.34. The van der Waals surface area contributed by atoms with Gasteiger partial charge in [-0.2, -0.15) is 0 Å². The highest BCUT2D eigenvalue weighted by molar-refractivity contribution is 7.47. The van der Waals surface area contributed by atoms with E-state index in [1.807, 2.05) is 6.08 Å². The lowest BCUT2D eigenvalue weighted by molar-refractivity contribution is -0.123. The molecule has 1 amide bonds. The van der Waals surface area contributed by atoms with E-state index >= 15 is 0 Å². The van der Waals surface area contributed by atoms with Crippen molar-refractivity contribution in [1.82, 2.24) is 5.32 Å². The minimum Gasteiger partial charge on any atom is -0.387 e. The Balaban J connectivity index is 4.55. The van der Waals surface area contributed by atoms with Crippen LogP contribution in [-0.2, 0) is 18.4 Å². The average molecular weight is 671 g/mol. The number of carbonyl (C=O) groups is 1. The van der Waals surface area contributed by atoms with E-state index in [2.05, 4.69) is 44.3 Å². The third-order valence-corrected chi connectivity index (χ3v) is 9.03. The number of amides is 1. The molecule has 0 radical (unpaired) electrons. The van der Waals surface area contributed by atoms with Crippen molar-refractivity contribution < 1.29 is 28.4 Å². The van der Waals surface area contributed by atoms with Gasteiger partial charge in [-0.15, -0.1) is 0 Å². The first kappa shape index (κ1) is 44.7. The number of allylic oxidation sites excluding steroid dienone is 5. The molecule has 0 bridgehead atoms. The van der Waals surface area contributed by atoms with Crippen molar-refractivity contribution in [3.05, 3.63) is 36.0 Å². The fraction of sp³-hybridized carbons (Fsp3) is 0.811. The van der Waals surface area contributed by atoms with Crippen LogP contribution in [0.3, 0.4) is 0 Å². The summed E-state index contributed by atoms with van der Waals surface area (Å²) >= 11 is 0. The van der Waals surface area contributed by atoms with Crippen molar-refractivity contribution in [2.45, 2.75) is 174 Å². The Labute approximate surface area is 282 Å². The van der Waals surface area contributed by atoms with Crippen LogP contribution >= 0.6 is 7.82 Å². The first-order chi connectivity index (χ1) is 22.3. The summed E-state index contributed by atoms with van der Waals surface area (Å²) < 4.78 is 22.0. The van der Waals surface area contributed by atoms with E-state index in [9.17, 15) is 19.4 Å². The van der Waals surface area contributed by atoms with Crippen molar-refractivity contribution in [1.29, 1.82) is 0 Å². The Morgan fingerprint density at radius 2 is 1.33 bits per heavy atom. The fourth-order valence-electron chi connectivity index (χ4n) is 5.17. The zero-order valence-corrected chi connectivity index (χ0v) is 30.7. The van der Waals surface area contributed by atoms with Gasteiger partial charge in [-0.1, -0.05) is 153 Å². The van der Waals surface area contributed by atoms with E-state index in [1.54, 1.807) is 6.08 Å². The van der Waals surface area contributed by atoms with Crippen LogP contribution in [0.15, 0.2) is 36.0 Å². The Morgan fingerprint density at radius 3 is 1.89 bits per heavy atom. The second-order valence-electron chi connectivity index (χ2n) is 12.6. The SMILES string of the molecule is CCCCCCC/C=C/C(C)=C/CC/C=C/C(O)C(COP(=O)(O)OCCN)NC(=O)CCCCCCCCCCCCCCC. The van der Waals surface area contributed by atoms with Gasteiger partial charge in [0.05, 0.1) is 25.4 Å². The number of aliphatic hydroxyl groups is 1. The van der Waals surface area contributed by atoms with Crippen LogP contribution in [0.25, 0.3) is 0 Å². The molecule has 3 unspecified atom stereocenters. The molecule has 0 fully saturated rings. The number of hydrogen-bond acceptors (Lipinski definition) is 6. The molecule has 0 rings (SSSR count). The zero-order valence-electron chi connectivity index (χ0n) is 29.8. The van der Waals surface area contributed by atoms with E-state index in [0.29, 0.717) is 6.42 Å². The topological polar surface area (TPSA) is 131 Å². The molecule has 0 spiro atoms. The van der Waals surface area contributed by atoms with Crippen LogP contribution in [0.2, 0.25) is 0 Å². The minimum absolute atomic E-state index is 0.0708. The lowest BCUT2D eigenvalue weighted by atomic mass is 10.0. The molecule has 0 heterocycles. The van der Waals surface area contributed by atoms with Gasteiger partial charge in [0.2, 0.25) is 5.91 Å². The monoisotopic (exact) mass is 671 g/mol. The maximum absolute atomic E-state index is 12.7. The van der Waals surface area contributed by atoms with Gasteiger partial charge >= 0.3 is 7.82 Å². The van der Waals surface area contributed by atoms with Gasteiger partial charge in [0.25, 0.3) is 0 Å². The second kappa shape index (κ2) is 32.3. The summed E-state index contributed by atoms with van der Waals surface area (Å²) in [6.45, 7) is 6.14. The largest absolute Gasteiger partial charge is 0.472 e. The summed E-state index contributed by atoms with van der Waals surface area (Å²) in [6.07, 6.45) is 34.3. The Bertz CT molecular complexity index is 848. The molecular weight excluding hydrogens is 599 g/mol.